The summed E-state index contributed by atoms with van der Waals surface area (Å²) in [4.78, 5) is 23.0. The highest BCUT2D eigenvalue weighted by atomic mass is 19.1. The molecule has 11 heteroatoms. The van der Waals surface area contributed by atoms with E-state index in [2.05, 4.69) is 18.7 Å². The number of unbranched alkanes of at least 4 members (excludes halogenated alkanes) is 2. The molecule has 302 valence electrons. The largest absolute Gasteiger partial charge is 0.508 e. The summed E-state index contributed by atoms with van der Waals surface area (Å²) in [5.74, 6) is -2.52. The Morgan fingerprint density at radius 2 is 1.75 bits per heavy atom. The zero-order chi connectivity index (χ0) is 40.7. The van der Waals surface area contributed by atoms with Gasteiger partial charge in [-0.05, 0) is 124 Å². The number of fused-ring (bicyclic) bond motifs is 2. The van der Waals surface area contributed by atoms with E-state index in [0.29, 0.717) is 41.0 Å². The van der Waals surface area contributed by atoms with Gasteiger partial charge in [0, 0.05) is 43.2 Å². The molecule has 3 N–H and O–H groups in total. The monoisotopic (exact) mass is 779 g/mol. The number of hydrogen-bond donors (Lipinski definition) is 3. The van der Waals surface area contributed by atoms with Crippen molar-refractivity contribution in [2.24, 2.45) is 22.9 Å². The van der Waals surface area contributed by atoms with Crippen LogP contribution in [0.2, 0.25) is 0 Å². The number of allylic oxidation sites excluding steroid dienone is 1. The van der Waals surface area contributed by atoms with Crippen LogP contribution >= 0.6 is 0 Å². The summed E-state index contributed by atoms with van der Waals surface area (Å²) in [6.45, 7) is 10.0. The molecule has 0 spiro atoms. The summed E-state index contributed by atoms with van der Waals surface area (Å²) in [7, 11) is 0. The minimum Gasteiger partial charge on any atom is -0.508 e. The highest BCUT2D eigenvalue weighted by molar-refractivity contribution is 6.03. The predicted octanol–water partition coefficient (Wildman–Crippen LogP) is 8.18. The summed E-state index contributed by atoms with van der Waals surface area (Å²) < 4.78 is 28.5. The van der Waals surface area contributed by atoms with Crippen molar-refractivity contribution in [1.82, 2.24) is 4.90 Å². The number of rotatable bonds is 16. The number of oxime groups is 1. The summed E-state index contributed by atoms with van der Waals surface area (Å²) in [5.41, 5.74) is 3.09. The van der Waals surface area contributed by atoms with E-state index in [9.17, 15) is 25.0 Å². The molecule has 3 aliphatic rings. The topological polar surface area (TPSA) is 145 Å². The number of amides is 1. The third-order valence-corrected chi connectivity index (χ3v) is 11.3. The Bertz CT molecular complexity index is 1980. The molecule has 6 rings (SSSR count). The maximum absolute atomic E-state index is 15.1. The molecule has 0 radical (unpaired) electrons. The first-order chi connectivity index (χ1) is 27.4. The van der Waals surface area contributed by atoms with Gasteiger partial charge in [-0.15, -0.1) is 6.58 Å². The van der Waals surface area contributed by atoms with Gasteiger partial charge in [0.2, 0.25) is 5.79 Å². The number of carbonyl (C=O) groups is 1. The van der Waals surface area contributed by atoms with Crippen molar-refractivity contribution in [1.29, 1.82) is 5.26 Å². The summed E-state index contributed by atoms with van der Waals surface area (Å²) >= 11 is 0. The van der Waals surface area contributed by atoms with E-state index in [1.807, 2.05) is 20.8 Å². The Labute approximate surface area is 334 Å². The number of nitrogens with zero attached hydrogens (tertiary/aromatic N) is 3. The molecule has 10 nitrogen and oxygen atoms in total. The molecule has 1 fully saturated rings. The molecule has 3 aromatic rings. The standard InChI is InChI=1S/C46H54FN3O7/c1-5-24-55-46-41(50(29-31-14-18-34(47)19-15-31)44(54)32-16-12-30(28-48)13-17-32)27-39(49-57-45(2,3)4)37-25-33(10-6-8-22-51)36(11-7-9-23-52)42(43(37)46)38-26-35(53)20-21-40(38)56-46/h5,12-21,25-26,33,36,41-43,51-53H,1,6-11,22-24,27,29H2,2-4H3/t33-,36+,41-,42+,43+,46+/m0/s1. The lowest BCUT2D eigenvalue weighted by molar-refractivity contribution is -0.255. The number of aromatic hydroxyl groups is 1. The van der Waals surface area contributed by atoms with Crippen LogP contribution in [0.1, 0.15) is 98.7 Å². The second kappa shape index (κ2) is 18.1. The summed E-state index contributed by atoms with van der Waals surface area (Å²) in [5, 5.41) is 45.0. The molecule has 2 aliphatic carbocycles. The van der Waals surface area contributed by atoms with Crippen LogP contribution in [0, 0.1) is 34.9 Å². The maximum Gasteiger partial charge on any atom is 0.254 e. The molecule has 0 bridgehead atoms. The number of ether oxygens (including phenoxy) is 2. The average molecular weight is 780 g/mol. The molecule has 1 heterocycles. The van der Waals surface area contributed by atoms with E-state index in [1.165, 1.54) is 12.1 Å². The lowest BCUT2D eigenvalue weighted by atomic mass is 9.55. The van der Waals surface area contributed by atoms with Crippen molar-refractivity contribution in [3.63, 3.8) is 0 Å². The molecular formula is C46H54FN3O7. The van der Waals surface area contributed by atoms with Crippen LogP contribution in [0.15, 0.2) is 96.2 Å². The van der Waals surface area contributed by atoms with Crippen LogP contribution in [0.3, 0.4) is 0 Å². The first kappa shape index (κ1) is 41.6. The van der Waals surface area contributed by atoms with Crippen molar-refractivity contribution in [2.45, 2.75) is 95.6 Å². The van der Waals surface area contributed by atoms with E-state index < -0.39 is 29.2 Å². The molecule has 57 heavy (non-hydrogen) atoms. The van der Waals surface area contributed by atoms with Crippen molar-refractivity contribution < 1.29 is 38.8 Å². The number of carbonyl (C=O) groups excluding carboxylic acids is 1. The van der Waals surface area contributed by atoms with Gasteiger partial charge in [0.05, 0.1) is 29.9 Å². The molecule has 3 aromatic carbocycles. The third-order valence-electron chi connectivity index (χ3n) is 11.3. The second-order valence-corrected chi connectivity index (χ2v) is 16.2. The van der Waals surface area contributed by atoms with Crippen LogP contribution in [-0.4, -0.2) is 69.1 Å². The Morgan fingerprint density at radius 3 is 2.40 bits per heavy atom. The van der Waals surface area contributed by atoms with Crippen molar-refractivity contribution in [3.8, 4) is 17.6 Å². The Kier molecular flexibility index (Phi) is 13.2. The number of aliphatic hydroxyl groups excluding tert-OH is 2. The quantitative estimate of drug-likeness (QED) is 0.0751. The highest BCUT2D eigenvalue weighted by Crippen LogP contribution is 2.62. The van der Waals surface area contributed by atoms with Crippen LogP contribution in [0.4, 0.5) is 4.39 Å². The first-order valence-corrected chi connectivity index (χ1v) is 19.9. The Balaban J connectivity index is 1.63. The number of halogens is 1. The minimum atomic E-state index is -1.52. The Morgan fingerprint density at radius 1 is 1.05 bits per heavy atom. The molecule has 0 saturated heterocycles. The predicted molar refractivity (Wildman–Crippen MR) is 215 cm³/mol. The summed E-state index contributed by atoms with van der Waals surface area (Å²) in [6, 6.07) is 18.8. The van der Waals surface area contributed by atoms with Gasteiger partial charge in [-0.25, -0.2) is 4.39 Å². The van der Waals surface area contributed by atoms with E-state index >= 15 is 4.79 Å². The van der Waals surface area contributed by atoms with Gasteiger partial charge in [0.25, 0.3) is 5.91 Å². The van der Waals surface area contributed by atoms with Gasteiger partial charge in [-0.2, -0.15) is 5.26 Å². The number of benzene rings is 3. The number of phenolic OH excluding ortho intramolecular Hbond substituents is 1. The van der Waals surface area contributed by atoms with E-state index in [-0.39, 0.29) is 62.2 Å². The second-order valence-electron chi connectivity index (χ2n) is 16.2. The lowest BCUT2D eigenvalue weighted by Crippen LogP contribution is -2.70. The fourth-order valence-electron chi connectivity index (χ4n) is 8.81. The van der Waals surface area contributed by atoms with Crippen LogP contribution in [0.25, 0.3) is 0 Å². The SMILES string of the molecule is C=CCO[C@@]12Oc3ccc(O)cc3[C@H]3[C@H](CCCCO)[C@@H](CCCCO)C=C(C(=NOC(C)(C)C)C[C@@H]1N(Cc1ccc(F)cc1)C(=O)c1ccc(C#N)cc1)[C@H]32. The van der Waals surface area contributed by atoms with Crippen LogP contribution in [0.5, 0.6) is 11.5 Å². The normalized spacial score (nSPS) is 24.3. The van der Waals surface area contributed by atoms with Gasteiger partial charge in [-0.1, -0.05) is 42.3 Å². The Hall–Kier alpha value is -5.02. The fourth-order valence-corrected chi connectivity index (χ4v) is 8.81. The van der Waals surface area contributed by atoms with E-state index in [0.717, 1.165) is 36.8 Å². The maximum atomic E-state index is 15.1. The van der Waals surface area contributed by atoms with Crippen LogP contribution in [-0.2, 0) is 16.1 Å². The van der Waals surface area contributed by atoms with E-state index in [4.69, 9.17) is 19.5 Å². The number of hydrogen-bond acceptors (Lipinski definition) is 9. The first-order valence-electron chi connectivity index (χ1n) is 19.9. The van der Waals surface area contributed by atoms with E-state index in [1.54, 1.807) is 65.6 Å². The molecule has 1 aliphatic heterocycles. The lowest BCUT2D eigenvalue weighted by Gasteiger charge is -2.60. The van der Waals surface area contributed by atoms with Gasteiger partial charge in [-0.3, -0.25) is 4.79 Å². The van der Waals surface area contributed by atoms with Gasteiger partial charge in [0.15, 0.2) is 0 Å². The molecule has 1 amide bonds. The summed E-state index contributed by atoms with van der Waals surface area (Å²) in [6.07, 6.45) is 8.43. The number of nitriles is 1. The number of aliphatic hydroxyl groups is 2. The molecule has 0 aromatic heterocycles. The minimum absolute atomic E-state index is 0.0107. The zero-order valence-corrected chi connectivity index (χ0v) is 33.1. The van der Waals surface area contributed by atoms with Crippen molar-refractivity contribution in [2.75, 3.05) is 19.8 Å². The molecule has 0 unspecified atom stereocenters. The smallest absolute Gasteiger partial charge is 0.254 e. The van der Waals surface area contributed by atoms with Crippen molar-refractivity contribution >= 4 is 11.6 Å². The molecular weight excluding hydrogens is 726 g/mol. The van der Waals surface area contributed by atoms with Crippen LogP contribution < -0.4 is 4.74 Å². The van der Waals surface area contributed by atoms with Gasteiger partial charge < -0.3 is 34.5 Å². The third kappa shape index (κ3) is 9.09. The fraction of sp³-hybridized carbons (Fsp3) is 0.457. The average Bonchev–Trinajstić information content (AvgIpc) is 3.20. The zero-order valence-electron chi connectivity index (χ0n) is 33.1. The highest BCUT2D eigenvalue weighted by Gasteiger charge is 2.65. The molecule has 1 saturated carbocycles. The van der Waals surface area contributed by atoms with Crippen molar-refractivity contribution in [3.05, 3.63) is 119 Å². The van der Waals surface area contributed by atoms with Gasteiger partial charge in [0.1, 0.15) is 29.0 Å². The number of phenols is 1. The van der Waals surface area contributed by atoms with Gasteiger partial charge >= 0.3 is 0 Å². The molecule has 6 atom stereocenters.